The summed E-state index contributed by atoms with van der Waals surface area (Å²) in [5.41, 5.74) is 0.751. The lowest BCUT2D eigenvalue weighted by molar-refractivity contribution is 0.140. The Morgan fingerprint density at radius 3 is 2.80 bits per heavy atom. The van der Waals surface area contributed by atoms with Crippen molar-refractivity contribution in [2.75, 3.05) is 0 Å². The van der Waals surface area contributed by atoms with Gasteiger partial charge < -0.3 is 14.8 Å². The molecule has 0 spiro atoms. The van der Waals surface area contributed by atoms with Gasteiger partial charge in [0.05, 0.1) is 11.9 Å². The third kappa shape index (κ3) is 1.75. The molecule has 0 saturated heterocycles. The van der Waals surface area contributed by atoms with Crippen LogP contribution in [0.25, 0.3) is 0 Å². The summed E-state index contributed by atoms with van der Waals surface area (Å²) in [7, 11) is -1.82. The Labute approximate surface area is 58.0 Å². The average molecular weight is 142 g/mol. The molecule has 0 amide bonds. The highest BCUT2D eigenvalue weighted by atomic mass is 16.7. The number of hydrogen-bond donors (Lipinski definition) is 2. The van der Waals surface area contributed by atoms with Crippen LogP contribution in [0.15, 0.2) is 12.3 Å². The van der Waals surface area contributed by atoms with Gasteiger partial charge in [0.1, 0.15) is 0 Å². The third-order valence-corrected chi connectivity index (χ3v) is 0.902. The number of rotatable bonds is 2. The van der Waals surface area contributed by atoms with E-state index in [-0.39, 0.29) is 0 Å². The molecule has 0 fully saturated rings. The Morgan fingerprint density at radius 2 is 2.40 bits per heavy atom. The first-order valence-corrected chi connectivity index (χ1v) is 2.74. The molecule has 5 nitrogen and oxygen atoms in total. The van der Waals surface area contributed by atoms with Crippen molar-refractivity contribution < 1.29 is 14.8 Å². The van der Waals surface area contributed by atoms with Gasteiger partial charge in [0.25, 0.3) is 0 Å². The Bertz CT molecular complexity index is 212. The summed E-state index contributed by atoms with van der Waals surface area (Å²) in [6.45, 7) is 1.77. The predicted molar refractivity (Wildman–Crippen MR) is 33.7 cm³/mol. The van der Waals surface area contributed by atoms with E-state index in [1.807, 2.05) is 0 Å². The lowest BCUT2D eigenvalue weighted by atomic mass is 10.3. The minimum absolute atomic E-state index is 0.751. The summed E-state index contributed by atoms with van der Waals surface area (Å²) < 4.78 is 4.35. The van der Waals surface area contributed by atoms with Crippen LogP contribution in [0.3, 0.4) is 0 Å². The predicted octanol–water partition coefficient (Wildman–Crippen LogP) is -1.41. The maximum absolute atomic E-state index is 8.29. The van der Waals surface area contributed by atoms with Gasteiger partial charge in [0.15, 0.2) is 0 Å². The number of hydrogen-bond acceptors (Lipinski definition) is 4. The van der Waals surface area contributed by atoms with Gasteiger partial charge in [-0.2, -0.15) is 0 Å². The Hall–Kier alpha value is -1.01. The van der Waals surface area contributed by atoms with Gasteiger partial charge in [-0.3, -0.25) is 0 Å². The lowest BCUT2D eigenvalue weighted by Gasteiger charge is -2.00. The van der Waals surface area contributed by atoms with Crippen molar-refractivity contribution in [3.63, 3.8) is 0 Å². The summed E-state index contributed by atoms with van der Waals surface area (Å²) in [6, 6.07) is 1.68. The van der Waals surface area contributed by atoms with E-state index < -0.39 is 7.32 Å². The second-order valence-electron chi connectivity index (χ2n) is 1.79. The topological polar surface area (TPSA) is 67.5 Å². The highest BCUT2D eigenvalue weighted by Crippen LogP contribution is 1.88. The molecule has 10 heavy (non-hydrogen) atoms. The lowest BCUT2D eigenvalue weighted by Crippen LogP contribution is -2.29. The molecule has 0 bridgehead atoms. The molecule has 0 aromatic carbocycles. The second kappa shape index (κ2) is 2.72. The van der Waals surface area contributed by atoms with Crippen LogP contribution in [0.1, 0.15) is 5.69 Å². The molecule has 0 aliphatic heterocycles. The first-order valence-electron chi connectivity index (χ1n) is 2.74. The van der Waals surface area contributed by atoms with E-state index in [9.17, 15) is 0 Å². The molecule has 6 heteroatoms. The standard InChI is InChI=1S/C4H7BN2O3/c1-4-2-3-7(6-4)10-5(8)9/h2-3,8-9H,1H3. The molecule has 0 radical (unpaired) electrons. The molecule has 1 heterocycles. The van der Waals surface area contributed by atoms with Gasteiger partial charge in [-0.15, -0.1) is 9.94 Å². The van der Waals surface area contributed by atoms with Crippen LogP contribution in [0.5, 0.6) is 0 Å². The van der Waals surface area contributed by atoms with Crippen molar-refractivity contribution in [3.8, 4) is 0 Å². The summed E-state index contributed by atoms with van der Waals surface area (Å²) in [6.07, 6.45) is 1.48. The Balaban J connectivity index is 2.58. The van der Waals surface area contributed by atoms with Crippen LogP contribution >= 0.6 is 0 Å². The Morgan fingerprint density at radius 1 is 1.70 bits per heavy atom. The van der Waals surface area contributed by atoms with Crippen LogP contribution < -0.4 is 4.76 Å². The first-order chi connectivity index (χ1) is 4.68. The normalized spacial score (nSPS) is 9.50. The number of aromatic nitrogens is 2. The third-order valence-electron chi connectivity index (χ3n) is 0.902. The molecule has 0 saturated carbocycles. The molecular weight excluding hydrogens is 135 g/mol. The number of nitrogens with zero attached hydrogens (tertiary/aromatic N) is 2. The monoisotopic (exact) mass is 142 g/mol. The molecule has 0 aliphatic carbocycles. The van der Waals surface area contributed by atoms with E-state index in [0.717, 1.165) is 10.5 Å². The van der Waals surface area contributed by atoms with Crippen LogP contribution in [0, 0.1) is 6.92 Å². The maximum atomic E-state index is 8.29. The van der Waals surface area contributed by atoms with Crippen LogP contribution in [0.4, 0.5) is 0 Å². The van der Waals surface area contributed by atoms with Crippen molar-refractivity contribution in [2.45, 2.75) is 6.92 Å². The molecular formula is C4H7BN2O3. The van der Waals surface area contributed by atoms with E-state index >= 15 is 0 Å². The van der Waals surface area contributed by atoms with E-state index in [4.69, 9.17) is 10.0 Å². The van der Waals surface area contributed by atoms with Gasteiger partial charge in [0, 0.05) is 0 Å². The molecule has 0 aliphatic rings. The summed E-state index contributed by atoms with van der Waals surface area (Å²) >= 11 is 0. The van der Waals surface area contributed by atoms with Gasteiger partial charge in [-0.25, -0.2) is 0 Å². The fourth-order valence-corrected chi connectivity index (χ4v) is 0.549. The SMILES string of the molecule is Cc1ccn(OB(O)O)n1. The van der Waals surface area contributed by atoms with Crippen molar-refractivity contribution in [2.24, 2.45) is 0 Å². The van der Waals surface area contributed by atoms with Gasteiger partial charge >= 0.3 is 7.32 Å². The maximum Gasteiger partial charge on any atom is 0.729 e. The highest BCUT2D eigenvalue weighted by molar-refractivity contribution is 6.32. The van der Waals surface area contributed by atoms with E-state index in [2.05, 4.69) is 9.85 Å². The van der Waals surface area contributed by atoms with Crippen molar-refractivity contribution in [3.05, 3.63) is 18.0 Å². The molecule has 0 atom stereocenters. The largest absolute Gasteiger partial charge is 0.729 e. The first kappa shape index (κ1) is 7.11. The van der Waals surface area contributed by atoms with Crippen LogP contribution in [-0.4, -0.2) is 27.3 Å². The summed E-state index contributed by atoms with van der Waals surface area (Å²) in [5, 5.41) is 20.3. The molecule has 1 rings (SSSR count). The summed E-state index contributed by atoms with van der Waals surface area (Å²) in [4.78, 5) is 0.986. The zero-order valence-corrected chi connectivity index (χ0v) is 5.43. The van der Waals surface area contributed by atoms with Gasteiger partial charge in [-0.1, -0.05) is 0 Å². The second-order valence-corrected chi connectivity index (χ2v) is 1.79. The van der Waals surface area contributed by atoms with E-state index in [1.165, 1.54) is 6.20 Å². The zero-order valence-electron chi connectivity index (χ0n) is 5.43. The molecule has 2 N–H and O–H groups in total. The number of aryl methyl sites for hydroxylation is 1. The van der Waals surface area contributed by atoms with Crippen molar-refractivity contribution in [1.29, 1.82) is 0 Å². The average Bonchev–Trinajstić information content (AvgIpc) is 2.13. The van der Waals surface area contributed by atoms with Crippen LogP contribution in [0.2, 0.25) is 0 Å². The van der Waals surface area contributed by atoms with E-state index in [1.54, 1.807) is 13.0 Å². The fourth-order valence-electron chi connectivity index (χ4n) is 0.549. The smallest absolute Gasteiger partial charge is 0.405 e. The minimum atomic E-state index is -1.82. The molecule has 54 valence electrons. The van der Waals surface area contributed by atoms with Gasteiger partial charge in [0.2, 0.25) is 0 Å². The zero-order chi connectivity index (χ0) is 7.56. The molecule has 1 aromatic heterocycles. The fraction of sp³-hybridized carbons (Fsp3) is 0.250. The van der Waals surface area contributed by atoms with Crippen LogP contribution in [-0.2, 0) is 0 Å². The minimum Gasteiger partial charge on any atom is -0.405 e. The quantitative estimate of drug-likeness (QED) is 0.497. The van der Waals surface area contributed by atoms with Crippen molar-refractivity contribution in [1.82, 2.24) is 9.94 Å². The molecule has 1 aromatic rings. The summed E-state index contributed by atoms with van der Waals surface area (Å²) in [5.74, 6) is 0. The Kier molecular flexibility index (Phi) is 1.93. The van der Waals surface area contributed by atoms with Crippen molar-refractivity contribution >= 4 is 7.32 Å². The van der Waals surface area contributed by atoms with E-state index in [0.29, 0.717) is 0 Å². The highest BCUT2D eigenvalue weighted by Gasteiger charge is 2.11. The molecule has 0 unspecified atom stereocenters. The van der Waals surface area contributed by atoms with Gasteiger partial charge in [-0.05, 0) is 13.0 Å².